The molecule has 0 fully saturated rings. The molecule has 0 aliphatic rings. The summed E-state index contributed by atoms with van der Waals surface area (Å²) in [6.07, 6.45) is 0. The third-order valence-electron chi connectivity index (χ3n) is 0.644. The monoisotopic (exact) mass is 197 g/mol. The van der Waals surface area contributed by atoms with Gasteiger partial charge in [0.15, 0.2) is 0 Å². The summed E-state index contributed by atoms with van der Waals surface area (Å²) in [6, 6.07) is 0. The molecule has 13 nitrogen and oxygen atoms in total. The van der Waals surface area contributed by atoms with Gasteiger partial charge in [-0.2, -0.15) is 60.9 Å². The standard InChI is InChI=1S/H15N13/c1-3-5-7-9-11-13-12-10-8-6-4-2/h3-13H,1-2H2. The van der Waals surface area contributed by atoms with Crippen molar-refractivity contribution in [2.45, 2.75) is 0 Å². The third kappa shape index (κ3) is 11.5. The van der Waals surface area contributed by atoms with E-state index < -0.39 is 0 Å². The minimum atomic E-state index is 2.11. The van der Waals surface area contributed by atoms with Crippen LogP contribution in [0, 0.1) is 0 Å². The largest absolute Gasteiger partial charge is 0.257 e. The molecular formula is H15N13. The van der Waals surface area contributed by atoms with Crippen LogP contribution >= 0.6 is 0 Å². The summed E-state index contributed by atoms with van der Waals surface area (Å²) >= 11 is 0. The third-order valence-corrected chi connectivity index (χ3v) is 0.644. The van der Waals surface area contributed by atoms with Crippen molar-refractivity contribution in [3.8, 4) is 0 Å². The van der Waals surface area contributed by atoms with Crippen molar-refractivity contribution in [1.29, 1.82) is 0 Å². The molecule has 0 amide bonds. The summed E-state index contributed by atoms with van der Waals surface area (Å²) in [6.45, 7) is 0. The number of nitrogens with one attached hydrogen (secondary N) is 11. The molecule has 0 radical (unpaired) electrons. The number of rotatable bonds is 10. The van der Waals surface area contributed by atoms with Crippen molar-refractivity contribution >= 4 is 0 Å². The molecular weight excluding hydrogens is 182 g/mol. The fourth-order valence-corrected chi connectivity index (χ4v) is 0.291. The minimum Gasteiger partial charge on any atom is -0.257 e. The quantitative estimate of drug-likeness (QED) is 0.0901. The summed E-state index contributed by atoms with van der Waals surface area (Å²) < 4.78 is 0. The second-order valence-corrected chi connectivity index (χ2v) is 1.41. The predicted octanol–water partition coefficient (Wildman–Crippen LogP) is -6.63. The van der Waals surface area contributed by atoms with Crippen LogP contribution in [0.4, 0.5) is 0 Å². The van der Waals surface area contributed by atoms with Crippen LogP contribution < -0.4 is 72.6 Å². The summed E-state index contributed by atoms with van der Waals surface area (Å²) in [4.78, 5) is 0. The Morgan fingerprint density at radius 2 is 0.615 bits per heavy atom. The first-order valence-corrected chi connectivity index (χ1v) is 3.08. The van der Waals surface area contributed by atoms with Crippen LogP contribution in [0.2, 0.25) is 0 Å². The molecule has 13 heteroatoms. The van der Waals surface area contributed by atoms with Crippen molar-refractivity contribution in [2.75, 3.05) is 0 Å². The Morgan fingerprint density at radius 3 is 0.846 bits per heavy atom. The highest BCUT2D eigenvalue weighted by Crippen LogP contribution is 1.24. The van der Waals surface area contributed by atoms with Crippen molar-refractivity contribution in [3.05, 3.63) is 0 Å². The molecule has 0 atom stereocenters. The first kappa shape index (κ1) is 12.5. The Bertz CT molecular complexity index is 66.1. The maximum Gasteiger partial charge on any atom is -0.164 e. The van der Waals surface area contributed by atoms with Crippen molar-refractivity contribution in [2.24, 2.45) is 11.7 Å². The smallest absolute Gasteiger partial charge is 0.164 e. The summed E-state index contributed by atoms with van der Waals surface area (Å²) in [5.74, 6) is 9.69. The van der Waals surface area contributed by atoms with Gasteiger partial charge in [0.1, 0.15) is 0 Å². The molecule has 15 N–H and O–H groups in total. The van der Waals surface area contributed by atoms with Crippen LogP contribution in [0.5, 0.6) is 0 Å². The lowest BCUT2D eigenvalue weighted by Gasteiger charge is -2.12. The molecule has 0 aromatic rings. The van der Waals surface area contributed by atoms with Gasteiger partial charge in [0.25, 0.3) is 0 Å². The Hall–Kier alpha value is -0.520. The molecule has 0 saturated heterocycles. The van der Waals surface area contributed by atoms with E-state index in [1.807, 2.05) is 0 Å². The van der Waals surface area contributed by atoms with Gasteiger partial charge >= 0.3 is 0 Å². The van der Waals surface area contributed by atoms with Gasteiger partial charge in [-0.15, -0.1) is 0 Å². The molecule has 80 valence electrons. The zero-order valence-electron chi connectivity index (χ0n) is 6.65. The van der Waals surface area contributed by atoms with E-state index in [0.717, 1.165) is 0 Å². The van der Waals surface area contributed by atoms with Gasteiger partial charge in [-0.1, -0.05) is 0 Å². The number of hydrogen-bond donors (Lipinski definition) is 13. The highest BCUT2D eigenvalue weighted by atomic mass is 16.0. The maximum atomic E-state index is 4.85. The van der Waals surface area contributed by atoms with Crippen LogP contribution in [0.25, 0.3) is 0 Å². The van der Waals surface area contributed by atoms with E-state index >= 15 is 0 Å². The molecule has 0 aromatic heterocycles. The normalized spacial score (nSPS) is 10.6. The van der Waals surface area contributed by atoms with Crippen LogP contribution in [0.3, 0.4) is 0 Å². The van der Waals surface area contributed by atoms with Gasteiger partial charge in [0.2, 0.25) is 0 Å². The van der Waals surface area contributed by atoms with E-state index in [1.54, 1.807) is 0 Å². The van der Waals surface area contributed by atoms with E-state index in [-0.39, 0.29) is 0 Å². The molecule has 13 heavy (non-hydrogen) atoms. The van der Waals surface area contributed by atoms with Gasteiger partial charge in [-0.3, -0.25) is 11.7 Å². The van der Waals surface area contributed by atoms with Crippen molar-refractivity contribution in [3.63, 3.8) is 0 Å². The number of hydrogen-bond acceptors (Lipinski definition) is 13. The lowest BCUT2D eigenvalue weighted by molar-refractivity contribution is 0.225. The van der Waals surface area contributed by atoms with Crippen LogP contribution in [-0.2, 0) is 0 Å². The average Bonchev–Trinajstić information content (AvgIpc) is 2.16. The second-order valence-electron chi connectivity index (χ2n) is 1.41. The Balaban J connectivity index is 2.76. The number of nitrogens with two attached hydrogens (primary N) is 2. The van der Waals surface area contributed by atoms with Crippen LogP contribution in [-0.4, -0.2) is 0 Å². The second kappa shape index (κ2) is 11.5. The van der Waals surface area contributed by atoms with Crippen molar-refractivity contribution in [1.82, 2.24) is 60.9 Å². The summed E-state index contributed by atoms with van der Waals surface area (Å²) in [5.41, 5.74) is 25.8. The maximum absolute atomic E-state index is 4.85. The van der Waals surface area contributed by atoms with Gasteiger partial charge in [-0.25, -0.2) is 0 Å². The zero-order chi connectivity index (χ0) is 9.78. The molecule has 0 unspecified atom stereocenters. The Kier molecular flexibility index (Phi) is 11.0. The number of hydrazine groups is 12. The van der Waals surface area contributed by atoms with Crippen LogP contribution in [0.15, 0.2) is 0 Å². The lowest BCUT2D eigenvalue weighted by atomic mass is 12.1. The van der Waals surface area contributed by atoms with E-state index in [9.17, 15) is 0 Å². The lowest BCUT2D eigenvalue weighted by Crippen LogP contribution is -2.66. The SMILES string of the molecule is NNNNNNNNNNNNN. The summed E-state index contributed by atoms with van der Waals surface area (Å²) in [7, 11) is 0. The van der Waals surface area contributed by atoms with E-state index in [4.69, 9.17) is 11.7 Å². The average molecular weight is 197 g/mol. The first-order valence-electron chi connectivity index (χ1n) is 3.08. The van der Waals surface area contributed by atoms with Gasteiger partial charge in [-0.05, 0) is 0 Å². The van der Waals surface area contributed by atoms with Crippen LogP contribution in [0.1, 0.15) is 0 Å². The van der Waals surface area contributed by atoms with E-state index in [2.05, 4.69) is 60.9 Å². The summed E-state index contributed by atoms with van der Waals surface area (Å²) in [5, 5.41) is 0. The van der Waals surface area contributed by atoms with Gasteiger partial charge in [0, 0.05) is 0 Å². The molecule has 0 aromatic carbocycles. The predicted molar refractivity (Wildman–Crippen MR) is 42.9 cm³/mol. The topological polar surface area (TPSA) is 184 Å². The Morgan fingerprint density at radius 1 is 0.385 bits per heavy atom. The van der Waals surface area contributed by atoms with Gasteiger partial charge < -0.3 is 0 Å². The molecule has 0 saturated carbocycles. The molecule has 0 rings (SSSR count). The molecule has 0 heterocycles. The highest BCUT2D eigenvalue weighted by molar-refractivity contribution is 4.13. The van der Waals surface area contributed by atoms with E-state index in [0.29, 0.717) is 0 Å². The fraction of sp³-hybridized carbons (Fsp3) is 0. The molecule has 0 aliphatic heterocycles. The minimum absolute atomic E-state index is 2.11. The zero-order valence-corrected chi connectivity index (χ0v) is 6.65. The molecule has 0 spiro atoms. The van der Waals surface area contributed by atoms with Crippen molar-refractivity contribution < 1.29 is 0 Å². The molecule has 0 aliphatic carbocycles. The highest BCUT2D eigenvalue weighted by Gasteiger charge is 1.79. The fourth-order valence-electron chi connectivity index (χ4n) is 0.291. The Labute approximate surface area is 73.7 Å². The first-order chi connectivity index (χ1) is 6.41. The molecule has 0 bridgehead atoms. The van der Waals surface area contributed by atoms with Gasteiger partial charge in [0.05, 0.1) is 0 Å². The van der Waals surface area contributed by atoms with E-state index in [1.165, 1.54) is 0 Å².